The van der Waals surface area contributed by atoms with E-state index in [2.05, 4.69) is 6.58 Å². The molecular weight excluding hydrogens is 336 g/mol. The van der Waals surface area contributed by atoms with Crippen LogP contribution in [0.3, 0.4) is 0 Å². The first-order valence-corrected chi connectivity index (χ1v) is 9.22. The molecule has 2 N–H and O–H groups in total. The van der Waals surface area contributed by atoms with Crippen LogP contribution < -0.4 is 0 Å². The van der Waals surface area contributed by atoms with Crippen molar-refractivity contribution in [1.29, 1.82) is 0 Å². The van der Waals surface area contributed by atoms with Crippen molar-refractivity contribution in [3.05, 3.63) is 23.8 Å². The van der Waals surface area contributed by atoms with Crippen molar-refractivity contribution >= 4 is 11.9 Å². The van der Waals surface area contributed by atoms with Crippen molar-refractivity contribution in [2.45, 2.75) is 65.0 Å². The summed E-state index contributed by atoms with van der Waals surface area (Å²) in [5, 5.41) is 22.0. The molecule has 0 amide bonds. The lowest BCUT2D eigenvalue weighted by atomic mass is 9.67. The van der Waals surface area contributed by atoms with Gasteiger partial charge in [-0.1, -0.05) is 26.5 Å². The highest BCUT2D eigenvalue weighted by Gasteiger charge is 2.65. The molecule has 0 spiro atoms. The number of hydrogen-bond acceptors (Lipinski definition) is 6. The molecule has 144 valence electrons. The maximum absolute atomic E-state index is 12.3. The van der Waals surface area contributed by atoms with Crippen LogP contribution >= 0.6 is 0 Å². The van der Waals surface area contributed by atoms with Crippen LogP contribution in [0.15, 0.2) is 23.8 Å². The summed E-state index contributed by atoms with van der Waals surface area (Å²) in [6.45, 7) is 11.1. The van der Waals surface area contributed by atoms with E-state index in [-0.39, 0.29) is 23.8 Å². The van der Waals surface area contributed by atoms with Crippen molar-refractivity contribution in [3.8, 4) is 0 Å². The molecule has 0 aromatic rings. The van der Waals surface area contributed by atoms with Gasteiger partial charge in [0.05, 0.1) is 18.1 Å². The molecule has 3 rings (SSSR count). The van der Waals surface area contributed by atoms with Crippen LogP contribution in [0.2, 0.25) is 0 Å². The van der Waals surface area contributed by atoms with E-state index in [9.17, 15) is 19.8 Å². The molecule has 1 saturated heterocycles. The van der Waals surface area contributed by atoms with Gasteiger partial charge >= 0.3 is 11.9 Å². The van der Waals surface area contributed by atoms with E-state index in [1.807, 2.05) is 13.8 Å². The van der Waals surface area contributed by atoms with Crippen molar-refractivity contribution in [2.75, 3.05) is 0 Å². The standard InChI is InChI=1S/C20H28O6/c1-6-9(2)18(23)26-14-8-12(21)16-10(3)7-13-15(11(4)19(24)25-13)17(22)20(14,16)5/h6,10,12-17,21-22H,4,7-8H2,1-3,5H3/b9-6-/t10-,12+,13-,14-,15-,16-,17+,20-/m1/s1. The zero-order chi connectivity index (χ0) is 19.4. The molecule has 26 heavy (non-hydrogen) atoms. The number of ether oxygens (including phenoxy) is 2. The zero-order valence-electron chi connectivity index (χ0n) is 15.8. The lowest BCUT2D eigenvalue weighted by Crippen LogP contribution is -2.50. The van der Waals surface area contributed by atoms with Crippen LogP contribution in [0.25, 0.3) is 0 Å². The number of fused-ring (bicyclic) bond motifs is 2. The number of hydrogen-bond donors (Lipinski definition) is 2. The van der Waals surface area contributed by atoms with Crippen molar-refractivity contribution in [3.63, 3.8) is 0 Å². The minimum atomic E-state index is -0.998. The van der Waals surface area contributed by atoms with Crippen LogP contribution in [-0.2, 0) is 19.1 Å². The normalized spacial score (nSPS) is 45.6. The van der Waals surface area contributed by atoms with Crippen LogP contribution in [0.4, 0.5) is 0 Å². The summed E-state index contributed by atoms with van der Waals surface area (Å²) in [7, 11) is 0. The number of carbonyl (C=O) groups is 2. The largest absolute Gasteiger partial charge is 0.458 e. The molecule has 8 atom stereocenters. The van der Waals surface area contributed by atoms with Gasteiger partial charge in [-0.2, -0.15) is 0 Å². The second-order valence-corrected chi connectivity index (χ2v) is 8.21. The van der Waals surface area contributed by atoms with E-state index >= 15 is 0 Å². The third-order valence-electron chi connectivity index (χ3n) is 6.80. The topological polar surface area (TPSA) is 93.1 Å². The summed E-state index contributed by atoms with van der Waals surface area (Å²) >= 11 is 0. The smallest absolute Gasteiger partial charge is 0.334 e. The summed E-state index contributed by atoms with van der Waals surface area (Å²) < 4.78 is 11.1. The minimum absolute atomic E-state index is 0.00938. The second-order valence-electron chi connectivity index (χ2n) is 8.21. The van der Waals surface area contributed by atoms with Crippen LogP contribution in [0, 0.1) is 23.2 Å². The van der Waals surface area contributed by atoms with Gasteiger partial charge < -0.3 is 19.7 Å². The van der Waals surface area contributed by atoms with Gasteiger partial charge in [0.1, 0.15) is 12.2 Å². The first-order valence-electron chi connectivity index (χ1n) is 9.22. The predicted octanol–water partition coefficient (Wildman–Crippen LogP) is 1.75. The monoisotopic (exact) mass is 364 g/mol. The van der Waals surface area contributed by atoms with Crippen LogP contribution in [0.5, 0.6) is 0 Å². The van der Waals surface area contributed by atoms with Gasteiger partial charge in [0.15, 0.2) is 0 Å². The van der Waals surface area contributed by atoms with Crippen LogP contribution in [-0.4, -0.2) is 46.6 Å². The van der Waals surface area contributed by atoms with E-state index in [0.717, 1.165) is 0 Å². The van der Waals surface area contributed by atoms with Crippen molar-refractivity contribution in [2.24, 2.45) is 23.2 Å². The summed E-state index contributed by atoms with van der Waals surface area (Å²) in [4.78, 5) is 24.3. The Morgan fingerprint density at radius 3 is 2.65 bits per heavy atom. The first kappa shape index (κ1) is 19.1. The number of carbonyl (C=O) groups excluding carboxylic acids is 2. The number of rotatable bonds is 2. The molecule has 6 nitrogen and oxygen atoms in total. The molecular formula is C20H28O6. The molecule has 6 heteroatoms. The average Bonchev–Trinajstić information content (AvgIpc) is 2.96. The van der Waals surface area contributed by atoms with E-state index in [4.69, 9.17) is 9.47 Å². The molecule has 1 heterocycles. The van der Waals surface area contributed by atoms with E-state index in [0.29, 0.717) is 12.0 Å². The minimum Gasteiger partial charge on any atom is -0.458 e. The maximum atomic E-state index is 12.3. The zero-order valence-corrected chi connectivity index (χ0v) is 15.8. The van der Waals surface area contributed by atoms with Crippen molar-refractivity contribution < 1.29 is 29.3 Å². The fourth-order valence-corrected chi connectivity index (χ4v) is 5.28. The van der Waals surface area contributed by atoms with E-state index in [1.165, 1.54) is 0 Å². The Balaban J connectivity index is 2.00. The Labute approximate surface area is 153 Å². The Morgan fingerprint density at radius 2 is 2.04 bits per heavy atom. The molecule has 0 aromatic heterocycles. The van der Waals surface area contributed by atoms with Gasteiger partial charge in [-0.05, 0) is 32.1 Å². The van der Waals surface area contributed by atoms with Gasteiger partial charge in [-0.15, -0.1) is 0 Å². The number of aliphatic hydroxyl groups excluding tert-OH is 2. The molecule has 0 aromatic carbocycles. The SMILES string of the molecule is C=C1C(=O)O[C@@H]2C[C@@H](C)[C@@H]3[C@@H](O)C[C@@H](OC(=O)/C(C)=C\C)[C@@]3(C)[C@@H](O)[C@H]12. The molecule has 2 saturated carbocycles. The predicted molar refractivity (Wildman–Crippen MR) is 93.8 cm³/mol. The summed E-state index contributed by atoms with van der Waals surface area (Å²) in [6, 6.07) is 0. The van der Waals surface area contributed by atoms with Gasteiger partial charge in [0.25, 0.3) is 0 Å². The second kappa shape index (κ2) is 6.50. The molecule has 3 fully saturated rings. The summed E-state index contributed by atoms with van der Waals surface area (Å²) in [5.74, 6) is -1.76. The Hall–Kier alpha value is -1.66. The maximum Gasteiger partial charge on any atom is 0.334 e. The summed E-state index contributed by atoms with van der Waals surface area (Å²) in [5.41, 5.74) is -0.157. The summed E-state index contributed by atoms with van der Waals surface area (Å²) in [6.07, 6.45) is -0.324. The Morgan fingerprint density at radius 1 is 1.38 bits per heavy atom. The number of allylic oxidation sites excluding steroid dienone is 1. The number of esters is 2. The molecule has 1 aliphatic heterocycles. The lowest BCUT2D eigenvalue weighted by Gasteiger charge is -2.42. The Kier molecular flexibility index (Phi) is 4.78. The van der Waals surface area contributed by atoms with Gasteiger partial charge in [0, 0.05) is 23.0 Å². The van der Waals surface area contributed by atoms with Gasteiger partial charge in [0.2, 0.25) is 0 Å². The fourth-order valence-electron chi connectivity index (χ4n) is 5.28. The average molecular weight is 364 g/mol. The number of aliphatic hydroxyl groups is 2. The molecule has 0 radical (unpaired) electrons. The first-order chi connectivity index (χ1) is 12.1. The Bertz CT molecular complexity index is 667. The van der Waals surface area contributed by atoms with Gasteiger partial charge in [-0.25, -0.2) is 9.59 Å². The van der Waals surface area contributed by atoms with Crippen LogP contribution in [0.1, 0.15) is 40.5 Å². The van der Waals surface area contributed by atoms with E-state index < -0.39 is 47.7 Å². The quantitative estimate of drug-likeness (QED) is 0.573. The highest BCUT2D eigenvalue weighted by Crippen LogP contribution is 2.57. The lowest BCUT2D eigenvalue weighted by molar-refractivity contribution is -0.159. The molecule has 3 aliphatic rings. The van der Waals surface area contributed by atoms with Crippen molar-refractivity contribution in [1.82, 2.24) is 0 Å². The molecule has 0 bridgehead atoms. The highest BCUT2D eigenvalue weighted by molar-refractivity contribution is 5.91. The molecule has 2 aliphatic carbocycles. The third kappa shape index (κ3) is 2.62. The third-order valence-corrected chi connectivity index (χ3v) is 6.80. The fraction of sp³-hybridized carbons (Fsp3) is 0.700. The van der Waals surface area contributed by atoms with Gasteiger partial charge in [-0.3, -0.25) is 0 Å². The molecule has 0 unspecified atom stereocenters. The highest BCUT2D eigenvalue weighted by atomic mass is 16.6. The van der Waals surface area contributed by atoms with E-state index in [1.54, 1.807) is 19.9 Å².